The molecule has 3 heteroatoms. The zero-order valence-corrected chi connectivity index (χ0v) is 12.0. The Hall–Kier alpha value is -2.32. The lowest BCUT2D eigenvalue weighted by Gasteiger charge is -2.12. The highest BCUT2D eigenvalue weighted by atomic mass is 35.5. The molecule has 0 aromatic heterocycles. The van der Waals surface area contributed by atoms with Crippen LogP contribution in [0.1, 0.15) is 32.6 Å². The first kappa shape index (κ1) is 13.7. The highest BCUT2D eigenvalue weighted by Gasteiger charge is 2.16. The summed E-state index contributed by atoms with van der Waals surface area (Å²) in [4.78, 5) is 11.2. The summed E-state index contributed by atoms with van der Waals surface area (Å²) in [6, 6.07) is 13.2. The van der Waals surface area contributed by atoms with Gasteiger partial charge in [-0.3, -0.25) is 0 Å². The van der Waals surface area contributed by atoms with Crippen LogP contribution in [0.3, 0.4) is 0 Å². The maximum atomic E-state index is 11.2. The van der Waals surface area contributed by atoms with Gasteiger partial charge in [-0.1, -0.05) is 48.6 Å². The van der Waals surface area contributed by atoms with Crippen molar-refractivity contribution in [1.82, 2.24) is 0 Å². The Morgan fingerprint density at radius 3 is 2.48 bits per heavy atom. The molecule has 0 amide bonds. The lowest BCUT2D eigenvalue weighted by atomic mass is 9.92. The summed E-state index contributed by atoms with van der Waals surface area (Å²) in [7, 11) is 0. The molecule has 1 aliphatic rings. The van der Waals surface area contributed by atoms with Crippen LogP contribution in [0.15, 0.2) is 48.5 Å². The second-order valence-electron chi connectivity index (χ2n) is 4.80. The van der Waals surface area contributed by atoms with E-state index in [1.54, 1.807) is 12.1 Å². The average Bonchev–Trinajstić information content (AvgIpc) is 2.65. The van der Waals surface area contributed by atoms with Gasteiger partial charge in [-0.25, -0.2) is 4.79 Å². The molecule has 1 aliphatic carbocycles. The molecule has 0 saturated carbocycles. The molecule has 3 rings (SSSR count). The Bertz CT molecular complexity index is 773. The Morgan fingerprint density at radius 1 is 1.05 bits per heavy atom. The standard InChI is InChI=1S/C18H13ClO2/c19-10-9-16-15-4-2-1-3-12(15)5-6-13-7-8-14(18(20)21)11-17(13)16/h1-9,11H,10H2,(H,20,21)/b16-9-. The molecule has 104 valence electrons. The Kier molecular flexibility index (Phi) is 3.63. The first-order chi connectivity index (χ1) is 10.2. The summed E-state index contributed by atoms with van der Waals surface area (Å²) in [6.45, 7) is 0. The lowest BCUT2D eigenvalue weighted by Crippen LogP contribution is -2.00. The van der Waals surface area contributed by atoms with Gasteiger partial charge in [0.2, 0.25) is 0 Å². The van der Waals surface area contributed by atoms with E-state index >= 15 is 0 Å². The van der Waals surface area contributed by atoms with Crippen LogP contribution in [-0.2, 0) is 0 Å². The zero-order valence-electron chi connectivity index (χ0n) is 11.2. The van der Waals surface area contributed by atoms with E-state index in [-0.39, 0.29) is 5.56 Å². The van der Waals surface area contributed by atoms with Gasteiger partial charge in [0, 0.05) is 5.88 Å². The van der Waals surface area contributed by atoms with E-state index in [1.807, 2.05) is 48.6 Å². The number of hydrogen-bond acceptors (Lipinski definition) is 1. The number of alkyl halides is 1. The highest BCUT2D eigenvalue weighted by Crippen LogP contribution is 2.34. The van der Waals surface area contributed by atoms with E-state index in [4.69, 9.17) is 11.6 Å². The Balaban J connectivity index is 2.29. The minimum Gasteiger partial charge on any atom is -0.478 e. The van der Waals surface area contributed by atoms with Gasteiger partial charge < -0.3 is 5.11 Å². The molecule has 1 N–H and O–H groups in total. The van der Waals surface area contributed by atoms with Crippen molar-refractivity contribution in [3.8, 4) is 0 Å². The van der Waals surface area contributed by atoms with Crippen LogP contribution in [0.5, 0.6) is 0 Å². The predicted molar refractivity (Wildman–Crippen MR) is 86.6 cm³/mol. The zero-order chi connectivity index (χ0) is 14.8. The molecule has 0 fully saturated rings. The molecule has 0 bridgehead atoms. The molecule has 0 heterocycles. The van der Waals surface area contributed by atoms with Crippen LogP contribution in [0.2, 0.25) is 0 Å². The molecule has 2 aromatic carbocycles. The molecule has 0 spiro atoms. The fraction of sp³-hybridized carbons (Fsp3) is 0.0556. The summed E-state index contributed by atoms with van der Waals surface area (Å²) < 4.78 is 0. The number of carboxylic acid groups (broad SMARTS) is 1. The van der Waals surface area contributed by atoms with E-state index in [1.165, 1.54) is 0 Å². The molecule has 2 nitrogen and oxygen atoms in total. The van der Waals surface area contributed by atoms with E-state index < -0.39 is 5.97 Å². The van der Waals surface area contributed by atoms with Crippen LogP contribution < -0.4 is 0 Å². The number of halogens is 1. The molecule has 0 saturated heterocycles. The highest BCUT2D eigenvalue weighted by molar-refractivity contribution is 6.19. The normalized spacial score (nSPS) is 14.4. The van der Waals surface area contributed by atoms with E-state index in [0.717, 1.165) is 27.8 Å². The van der Waals surface area contributed by atoms with Crippen LogP contribution in [0, 0.1) is 0 Å². The SMILES string of the molecule is O=C(O)c1ccc2c(c1)/C(=C\CCl)c1ccccc1C=C2. The third kappa shape index (κ3) is 2.50. The molecule has 2 aromatic rings. The average molecular weight is 297 g/mol. The van der Waals surface area contributed by atoms with Crippen molar-refractivity contribution in [2.24, 2.45) is 0 Å². The fourth-order valence-corrected chi connectivity index (χ4v) is 2.73. The molecular formula is C18H13ClO2. The monoisotopic (exact) mass is 296 g/mol. The van der Waals surface area contributed by atoms with Crippen molar-refractivity contribution in [3.63, 3.8) is 0 Å². The minimum absolute atomic E-state index is 0.280. The van der Waals surface area contributed by atoms with Gasteiger partial charge >= 0.3 is 5.97 Å². The Morgan fingerprint density at radius 2 is 1.76 bits per heavy atom. The number of hydrogen-bond donors (Lipinski definition) is 1. The van der Waals surface area contributed by atoms with Gasteiger partial charge in [0.1, 0.15) is 0 Å². The third-order valence-electron chi connectivity index (χ3n) is 3.57. The van der Waals surface area contributed by atoms with Crippen LogP contribution in [0.4, 0.5) is 0 Å². The molecule has 0 unspecified atom stereocenters. The maximum absolute atomic E-state index is 11.2. The van der Waals surface area contributed by atoms with Crippen LogP contribution in [-0.4, -0.2) is 17.0 Å². The van der Waals surface area contributed by atoms with Crippen molar-refractivity contribution in [3.05, 3.63) is 76.4 Å². The maximum Gasteiger partial charge on any atom is 0.335 e. The first-order valence-corrected chi connectivity index (χ1v) is 7.15. The van der Waals surface area contributed by atoms with Crippen molar-refractivity contribution in [2.45, 2.75) is 0 Å². The first-order valence-electron chi connectivity index (χ1n) is 6.62. The van der Waals surface area contributed by atoms with Crippen LogP contribution >= 0.6 is 11.6 Å². The minimum atomic E-state index is -0.926. The van der Waals surface area contributed by atoms with Gasteiger partial charge in [0.05, 0.1) is 5.56 Å². The van der Waals surface area contributed by atoms with Gasteiger partial charge in [-0.2, -0.15) is 0 Å². The van der Waals surface area contributed by atoms with Crippen LogP contribution in [0.25, 0.3) is 17.7 Å². The van der Waals surface area contributed by atoms with E-state index in [9.17, 15) is 9.90 Å². The summed E-state index contributed by atoms with van der Waals surface area (Å²) in [5, 5.41) is 9.20. The number of benzene rings is 2. The van der Waals surface area contributed by atoms with Gasteiger partial charge in [-0.05, 0) is 40.0 Å². The quantitative estimate of drug-likeness (QED) is 0.705. The van der Waals surface area contributed by atoms with Gasteiger partial charge in [0.15, 0.2) is 0 Å². The van der Waals surface area contributed by atoms with Gasteiger partial charge in [-0.15, -0.1) is 11.6 Å². The van der Waals surface area contributed by atoms with Crippen molar-refractivity contribution >= 4 is 35.3 Å². The third-order valence-corrected chi connectivity index (χ3v) is 3.72. The molecule has 0 radical (unpaired) electrons. The summed E-state index contributed by atoms with van der Waals surface area (Å²) in [6.07, 6.45) is 5.98. The number of carbonyl (C=O) groups is 1. The number of carboxylic acids is 1. The summed E-state index contributed by atoms with van der Waals surface area (Å²) >= 11 is 5.91. The molecular weight excluding hydrogens is 284 g/mol. The summed E-state index contributed by atoms with van der Waals surface area (Å²) in [5.41, 5.74) is 5.31. The summed E-state index contributed by atoms with van der Waals surface area (Å²) in [5.74, 6) is -0.551. The van der Waals surface area contributed by atoms with E-state index in [2.05, 4.69) is 0 Å². The van der Waals surface area contributed by atoms with Crippen molar-refractivity contribution in [2.75, 3.05) is 5.88 Å². The second-order valence-corrected chi connectivity index (χ2v) is 5.11. The Labute approximate surface area is 128 Å². The second kappa shape index (κ2) is 5.58. The number of rotatable bonds is 2. The topological polar surface area (TPSA) is 37.3 Å². The van der Waals surface area contributed by atoms with Gasteiger partial charge in [0.25, 0.3) is 0 Å². The lowest BCUT2D eigenvalue weighted by molar-refractivity contribution is 0.0697. The molecule has 0 aliphatic heterocycles. The molecule has 21 heavy (non-hydrogen) atoms. The fourth-order valence-electron chi connectivity index (χ4n) is 2.58. The largest absolute Gasteiger partial charge is 0.478 e. The number of fused-ring (bicyclic) bond motifs is 2. The van der Waals surface area contributed by atoms with Crippen molar-refractivity contribution < 1.29 is 9.90 Å². The van der Waals surface area contributed by atoms with Crippen molar-refractivity contribution in [1.29, 1.82) is 0 Å². The number of allylic oxidation sites excluding steroid dienone is 1. The van der Waals surface area contributed by atoms with E-state index in [0.29, 0.717) is 5.88 Å². The molecule has 0 atom stereocenters. The predicted octanol–water partition coefficient (Wildman–Crippen LogP) is 4.54. The smallest absolute Gasteiger partial charge is 0.335 e. The number of aromatic carboxylic acids is 1.